The monoisotopic (exact) mass is 475 g/mol. The van der Waals surface area contributed by atoms with Crippen LogP contribution in [0.15, 0.2) is 0 Å². The lowest BCUT2D eigenvalue weighted by Crippen LogP contribution is -2.57. The maximum atomic E-state index is 13.0. The number of aliphatic carboxylic acids is 1. The predicted molar refractivity (Wildman–Crippen MR) is 127 cm³/mol. The Hall–Kier alpha value is -1.85. The van der Waals surface area contributed by atoms with E-state index in [9.17, 15) is 24.3 Å². The second kappa shape index (κ2) is 15.9. The first kappa shape index (κ1) is 30.1. The molecule has 8 N–H and O–H groups in total. The molecule has 4 unspecified atom stereocenters. The number of rotatable bonds is 16. The van der Waals surface area contributed by atoms with Gasteiger partial charge >= 0.3 is 5.97 Å². The van der Waals surface area contributed by atoms with E-state index in [2.05, 4.69) is 28.6 Å². The molecule has 0 aliphatic carbocycles. The van der Waals surface area contributed by atoms with Gasteiger partial charge in [0.15, 0.2) is 0 Å². The molecule has 0 aliphatic heterocycles. The van der Waals surface area contributed by atoms with Gasteiger partial charge in [-0.25, -0.2) is 4.79 Å². The highest BCUT2D eigenvalue weighted by Crippen LogP contribution is 2.10. The van der Waals surface area contributed by atoms with Crippen LogP contribution < -0.4 is 27.4 Å². The number of hydrogen-bond acceptors (Lipinski definition) is 7. The highest BCUT2D eigenvalue weighted by Gasteiger charge is 2.30. The van der Waals surface area contributed by atoms with Crippen molar-refractivity contribution in [2.45, 2.75) is 84.0 Å². The third-order valence-corrected chi connectivity index (χ3v) is 5.17. The molecule has 186 valence electrons. The normalized spacial score (nSPS) is 15.0. The molecule has 3 amide bonds. The minimum atomic E-state index is -1.14. The summed E-state index contributed by atoms with van der Waals surface area (Å²) in [6.45, 7) is 8.03. The van der Waals surface area contributed by atoms with Crippen LogP contribution in [-0.2, 0) is 19.2 Å². The van der Waals surface area contributed by atoms with Gasteiger partial charge in [0.1, 0.15) is 18.1 Å². The van der Waals surface area contributed by atoms with Crippen LogP contribution in [0.4, 0.5) is 0 Å². The molecule has 0 saturated carbocycles. The predicted octanol–water partition coefficient (Wildman–Crippen LogP) is 0.00370. The smallest absolute Gasteiger partial charge is 0.326 e. The Morgan fingerprint density at radius 1 is 0.812 bits per heavy atom. The molecule has 0 heterocycles. The number of carboxylic acid groups (broad SMARTS) is 1. The summed E-state index contributed by atoms with van der Waals surface area (Å²) >= 11 is 4.00. The van der Waals surface area contributed by atoms with Crippen molar-refractivity contribution in [2.75, 3.05) is 12.3 Å². The first-order chi connectivity index (χ1) is 14.9. The van der Waals surface area contributed by atoms with Crippen molar-refractivity contribution in [1.82, 2.24) is 16.0 Å². The molecule has 10 nitrogen and oxygen atoms in total. The van der Waals surface area contributed by atoms with Crippen molar-refractivity contribution in [2.24, 2.45) is 23.3 Å². The van der Waals surface area contributed by atoms with Gasteiger partial charge in [-0.2, -0.15) is 12.6 Å². The zero-order chi connectivity index (χ0) is 24.8. The molecule has 0 spiro atoms. The van der Waals surface area contributed by atoms with Crippen molar-refractivity contribution in [3.05, 3.63) is 0 Å². The summed E-state index contributed by atoms with van der Waals surface area (Å²) in [6, 6.07) is -3.75. The largest absolute Gasteiger partial charge is 0.480 e. The number of thiol groups is 1. The Kier molecular flexibility index (Phi) is 15.0. The third kappa shape index (κ3) is 12.3. The number of carbonyl (C=O) groups excluding carboxylic acids is 3. The van der Waals surface area contributed by atoms with Gasteiger partial charge in [-0.15, -0.1) is 0 Å². The van der Waals surface area contributed by atoms with Gasteiger partial charge in [-0.1, -0.05) is 27.7 Å². The second-order valence-corrected chi connectivity index (χ2v) is 9.22. The molecule has 0 aromatic heterocycles. The van der Waals surface area contributed by atoms with Gasteiger partial charge in [-0.3, -0.25) is 14.4 Å². The molecule has 4 atom stereocenters. The summed E-state index contributed by atoms with van der Waals surface area (Å²) in [6.07, 6.45) is 2.11. The number of hydrogen-bond donors (Lipinski definition) is 7. The van der Waals surface area contributed by atoms with E-state index in [-0.39, 0.29) is 24.0 Å². The lowest BCUT2D eigenvalue weighted by Gasteiger charge is -2.26. The fourth-order valence-electron chi connectivity index (χ4n) is 3.06. The molecule has 0 fully saturated rings. The lowest BCUT2D eigenvalue weighted by molar-refractivity contribution is -0.142. The fourth-order valence-corrected chi connectivity index (χ4v) is 3.23. The molecule has 0 aliphatic rings. The average molecular weight is 476 g/mol. The Bertz CT molecular complexity index is 617. The SMILES string of the molecule is CC(C)CC(NC(=O)C(N)CS)C(=O)NC(CC(C)C)C(=O)NC(CCCCN)C(=O)O. The van der Waals surface area contributed by atoms with E-state index in [4.69, 9.17) is 11.5 Å². The Balaban J connectivity index is 5.40. The van der Waals surface area contributed by atoms with Gasteiger partial charge in [0.05, 0.1) is 6.04 Å². The summed E-state index contributed by atoms with van der Waals surface area (Å²) in [7, 11) is 0. The Morgan fingerprint density at radius 2 is 1.25 bits per heavy atom. The number of nitrogens with two attached hydrogens (primary N) is 2. The van der Waals surface area contributed by atoms with E-state index < -0.39 is 47.9 Å². The summed E-state index contributed by atoms with van der Waals surface area (Å²) in [4.78, 5) is 49.5. The maximum absolute atomic E-state index is 13.0. The number of amides is 3. The van der Waals surface area contributed by atoms with Crippen LogP contribution in [0.25, 0.3) is 0 Å². The quantitative estimate of drug-likeness (QED) is 0.121. The van der Waals surface area contributed by atoms with Crippen molar-refractivity contribution in [1.29, 1.82) is 0 Å². The Morgan fingerprint density at radius 3 is 1.62 bits per heavy atom. The third-order valence-electron chi connectivity index (χ3n) is 4.78. The van der Waals surface area contributed by atoms with Gasteiger partial charge < -0.3 is 32.5 Å². The van der Waals surface area contributed by atoms with Crippen LogP contribution in [-0.4, -0.2) is 65.3 Å². The zero-order valence-electron chi connectivity index (χ0n) is 19.6. The minimum Gasteiger partial charge on any atom is -0.480 e. The van der Waals surface area contributed by atoms with E-state index in [1.165, 1.54) is 0 Å². The van der Waals surface area contributed by atoms with Gasteiger partial charge in [0.2, 0.25) is 17.7 Å². The van der Waals surface area contributed by atoms with E-state index in [1.807, 2.05) is 27.7 Å². The fraction of sp³-hybridized carbons (Fsp3) is 0.810. The van der Waals surface area contributed by atoms with Gasteiger partial charge in [0.25, 0.3) is 0 Å². The highest BCUT2D eigenvalue weighted by molar-refractivity contribution is 7.80. The molecule has 0 aromatic rings. The first-order valence-corrected chi connectivity index (χ1v) is 11.8. The van der Waals surface area contributed by atoms with E-state index in [1.54, 1.807) is 0 Å². The zero-order valence-corrected chi connectivity index (χ0v) is 20.5. The molecule has 0 rings (SSSR count). The summed E-state index contributed by atoms with van der Waals surface area (Å²) in [5, 5.41) is 17.3. The van der Waals surface area contributed by atoms with E-state index >= 15 is 0 Å². The topological polar surface area (TPSA) is 177 Å². The Labute approximate surface area is 196 Å². The van der Waals surface area contributed by atoms with Gasteiger partial charge in [-0.05, 0) is 50.5 Å². The molecular weight excluding hydrogens is 434 g/mol. The van der Waals surface area contributed by atoms with Crippen molar-refractivity contribution in [3.8, 4) is 0 Å². The van der Waals surface area contributed by atoms with Crippen molar-refractivity contribution >= 4 is 36.3 Å². The van der Waals surface area contributed by atoms with E-state index in [0.29, 0.717) is 32.2 Å². The average Bonchev–Trinajstić information content (AvgIpc) is 2.70. The summed E-state index contributed by atoms with van der Waals surface area (Å²) in [5.74, 6) is -2.46. The molecular formula is C21H41N5O5S. The van der Waals surface area contributed by atoms with Crippen molar-refractivity contribution < 1.29 is 24.3 Å². The van der Waals surface area contributed by atoms with Crippen molar-refractivity contribution in [3.63, 3.8) is 0 Å². The number of carboxylic acids is 1. The maximum Gasteiger partial charge on any atom is 0.326 e. The number of carbonyl (C=O) groups is 4. The van der Waals surface area contributed by atoms with Crippen LogP contribution in [0.1, 0.15) is 59.8 Å². The summed E-state index contributed by atoms with van der Waals surface area (Å²) in [5.41, 5.74) is 11.1. The number of nitrogens with one attached hydrogen (secondary N) is 3. The van der Waals surface area contributed by atoms with Crippen LogP contribution in [0.5, 0.6) is 0 Å². The minimum absolute atomic E-state index is 0.0577. The molecule has 0 bridgehead atoms. The highest BCUT2D eigenvalue weighted by atomic mass is 32.1. The van der Waals surface area contributed by atoms with E-state index in [0.717, 1.165) is 0 Å². The second-order valence-electron chi connectivity index (χ2n) is 8.85. The van der Waals surface area contributed by atoms with Gasteiger partial charge in [0, 0.05) is 5.75 Å². The number of unbranched alkanes of at least 4 members (excludes halogenated alkanes) is 1. The van der Waals surface area contributed by atoms with Crippen LogP contribution in [0, 0.1) is 11.8 Å². The summed E-state index contributed by atoms with van der Waals surface area (Å²) < 4.78 is 0. The first-order valence-electron chi connectivity index (χ1n) is 11.1. The lowest BCUT2D eigenvalue weighted by atomic mass is 9.99. The molecule has 0 radical (unpaired) electrons. The standard InChI is InChI=1S/C21H41N5O5S/c1-12(2)9-16(25-18(27)14(23)11-32)20(29)26-17(10-13(3)4)19(28)24-15(21(30)31)7-5-6-8-22/h12-17,32H,5-11,22-23H2,1-4H3,(H,24,28)(H,25,27)(H,26,29)(H,30,31). The molecule has 32 heavy (non-hydrogen) atoms. The molecule has 0 saturated heterocycles. The van der Waals surface area contributed by atoms with Crippen LogP contribution in [0.3, 0.4) is 0 Å². The molecule has 0 aromatic carbocycles. The van der Waals surface area contributed by atoms with Crippen LogP contribution in [0.2, 0.25) is 0 Å². The molecule has 11 heteroatoms. The van der Waals surface area contributed by atoms with Crippen LogP contribution >= 0.6 is 12.6 Å².